The van der Waals surface area contributed by atoms with Gasteiger partial charge in [0.2, 0.25) is 0 Å². The van der Waals surface area contributed by atoms with Gasteiger partial charge in [0.1, 0.15) is 0 Å². The quantitative estimate of drug-likeness (QED) is 0.236. The summed E-state index contributed by atoms with van der Waals surface area (Å²) in [6.07, 6.45) is 3.28. The normalized spacial score (nSPS) is 13.9. The van der Waals surface area contributed by atoms with Gasteiger partial charge >= 0.3 is 0 Å². The molecule has 1 aromatic rings. The number of hydrogen-bond acceptors (Lipinski definition) is 2. The summed E-state index contributed by atoms with van der Waals surface area (Å²) in [4.78, 5) is 16.4. The molecule has 0 heterocycles. The summed E-state index contributed by atoms with van der Waals surface area (Å²) >= 11 is 3.36. The molecule has 0 saturated heterocycles. The van der Waals surface area contributed by atoms with Gasteiger partial charge in [0, 0.05) is 35.7 Å². The second-order valence-corrected chi connectivity index (χ2v) is 6.21. The van der Waals surface area contributed by atoms with E-state index in [2.05, 4.69) is 43.8 Å². The fraction of sp³-hybridized carbons (Fsp3) is 0.500. The highest BCUT2D eigenvalue weighted by atomic mass is 127. The fourth-order valence-electron chi connectivity index (χ4n) is 1.92. The van der Waals surface area contributed by atoms with E-state index >= 15 is 0 Å². The number of hydrogen-bond donors (Lipinski definition) is 3. The van der Waals surface area contributed by atoms with E-state index in [0.29, 0.717) is 24.7 Å². The second-order valence-electron chi connectivity index (χ2n) is 5.30. The smallest absolute Gasteiger partial charge is 0.251 e. The number of benzene rings is 1. The molecule has 1 amide bonds. The molecule has 1 fully saturated rings. The number of carbonyl (C=O) groups is 1. The average molecular weight is 495 g/mol. The summed E-state index contributed by atoms with van der Waals surface area (Å²) in [5, 5.41) is 9.51. The molecule has 0 unspecified atom stereocenters. The number of aliphatic imine (C=N–C) groups is 1. The summed E-state index contributed by atoms with van der Waals surface area (Å²) in [5.41, 5.74) is 0.676. The first-order chi connectivity index (χ1) is 10.7. The van der Waals surface area contributed by atoms with Crippen molar-refractivity contribution in [2.45, 2.75) is 32.2 Å². The zero-order valence-corrected chi connectivity index (χ0v) is 17.2. The van der Waals surface area contributed by atoms with Crippen LogP contribution in [0, 0.1) is 0 Å². The molecule has 3 N–H and O–H groups in total. The van der Waals surface area contributed by atoms with Gasteiger partial charge in [-0.25, -0.2) is 0 Å². The summed E-state index contributed by atoms with van der Waals surface area (Å²) in [7, 11) is 0. The minimum Gasteiger partial charge on any atom is -0.357 e. The molecule has 7 heteroatoms. The Hall–Kier alpha value is -0.830. The topological polar surface area (TPSA) is 65.5 Å². The lowest BCUT2D eigenvalue weighted by Gasteiger charge is -2.10. The van der Waals surface area contributed by atoms with Crippen molar-refractivity contribution < 1.29 is 4.79 Å². The lowest BCUT2D eigenvalue weighted by molar-refractivity contribution is 0.0953. The summed E-state index contributed by atoms with van der Waals surface area (Å²) in [6.45, 7) is 4.24. The molecule has 1 aliphatic carbocycles. The van der Waals surface area contributed by atoms with Gasteiger partial charge in [0.25, 0.3) is 5.91 Å². The molecule has 1 saturated carbocycles. The predicted molar refractivity (Wildman–Crippen MR) is 109 cm³/mol. The van der Waals surface area contributed by atoms with Crippen LogP contribution in [0.5, 0.6) is 0 Å². The Labute approximate surface area is 163 Å². The first kappa shape index (κ1) is 20.2. The zero-order chi connectivity index (χ0) is 15.8. The molecule has 0 aliphatic heterocycles. The number of carbonyl (C=O) groups excluding carboxylic acids is 1. The maximum Gasteiger partial charge on any atom is 0.251 e. The van der Waals surface area contributed by atoms with E-state index in [0.717, 1.165) is 23.4 Å². The van der Waals surface area contributed by atoms with Crippen molar-refractivity contribution in [3.63, 3.8) is 0 Å². The van der Waals surface area contributed by atoms with Gasteiger partial charge in [-0.1, -0.05) is 15.9 Å². The second kappa shape index (κ2) is 10.9. The summed E-state index contributed by atoms with van der Waals surface area (Å²) in [6, 6.07) is 7.94. The van der Waals surface area contributed by atoms with E-state index in [1.54, 1.807) is 12.1 Å². The molecule has 0 spiro atoms. The van der Waals surface area contributed by atoms with Gasteiger partial charge in [0.15, 0.2) is 5.96 Å². The number of amides is 1. The molecule has 23 heavy (non-hydrogen) atoms. The largest absolute Gasteiger partial charge is 0.357 e. The van der Waals surface area contributed by atoms with Crippen molar-refractivity contribution in [2.75, 3.05) is 19.6 Å². The maximum absolute atomic E-state index is 11.9. The minimum atomic E-state index is -0.0421. The Kier molecular flexibility index (Phi) is 9.54. The maximum atomic E-state index is 11.9. The average Bonchev–Trinajstić information content (AvgIpc) is 3.31. The van der Waals surface area contributed by atoms with Gasteiger partial charge in [0.05, 0.1) is 0 Å². The molecule has 0 aromatic heterocycles. The molecule has 0 bridgehead atoms. The monoisotopic (exact) mass is 494 g/mol. The van der Waals surface area contributed by atoms with Crippen molar-refractivity contribution in [1.82, 2.24) is 16.0 Å². The van der Waals surface area contributed by atoms with Crippen LogP contribution in [0.2, 0.25) is 0 Å². The van der Waals surface area contributed by atoms with Crippen LogP contribution in [0.15, 0.2) is 33.7 Å². The van der Waals surface area contributed by atoms with Crippen LogP contribution in [0.25, 0.3) is 0 Å². The van der Waals surface area contributed by atoms with Crippen molar-refractivity contribution >= 4 is 51.8 Å². The summed E-state index contributed by atoms with van der Waals surface area (Å²) in [5.74, 6) is 0.837. The number of guanidine groups is 1. The number of nitrogens with one attached hydrogen (secondary N) is 3. The first-order valence-corrected chi connectivity index (χ1v) is 8.57. The van der Waals surface area contributed by atoms with Crippen LogP contribution in [0.1, 0.15) is 36.5 Å². The molecule has 128 valence electrons. The van der Waals surface area contributed by atoms with Crippen LogP contribution >= 0.6 is 39.9 Å². The third-order valence-corrected chi connectivity index (χ3v) is 3.79. The summed E-state index contributed by atoms with van der Waals surface area (Å²) < 4.78 is 0.970. The highest BCUT2D eigenvalue weighted by Gasteiger charge is 2.21. The SMILES string of the molecule is CCNC(=NCCCNC(=O)c1ccc(Br)cc1)NC1CC1.I. The van der Waals surface area contributed by atoms with Gasteiger partial charge in [-0.05, 0) is 50.5 Å². The Morgan fingerprint density at radius 2 is 1.96 bits per heavy atom. The third kappa shape index (κ3) is 8.01. The van der Waals surface area contributed by atoms with E-state index in [-0.39, 0.29) is 29.9 Å². The number of rotatable bonds is 7. The zero-order valence-electron chi connectivity index (χ0n) is 13.3. The van der Waals surface area contributed by atoms with Crippen LogP contribution in [0.4, 0.5) is 0 Å². The van der Waals surface area contributed by atoms with Gasteiger partial charge in [-0.15, -0.1) is 24.0 Å². The van der Waals surface area contributed by atoms with Crippen molar-refractivity contribution in [2.24, 2.45) is 4.99 Å². The Morgan fingerprint density at radius 1 is 1.26 bits per heavy atom. The van der Waals surface area contributed by atoms with E-state index in [1.165, 1.54) is 12.8 Å². The Balaban J connectivity index is 0.00000264. The van der Waals surface area contributed by atoms with Crippen molar-refractivity contribution in [1.29, 1.82) is 0 Å². The molecule has 0 atom stereocenters. The van der Waals surface area contributed by atoms with Gasteiger partial charge in [-0.2, -0.15) is 0 Å². The molecule has 0 radical (unpaired) electrons. The highest BCUT2D eigenvalue weighted by Crippen LogP contribution is 2.18. The Morgan fingerprint density at radius 3 is 2.57 bits per heavy atom. The van der Waals surface area contributed by atoms with Crippen LogP contribution in [-0.4, -0.2) is 37.5 Å². The van der Waals surface area contributed by atoms with Gasteiger partial charge in [-0.3, -0.25) is 9.79 Å². The van der Waals surface area contributed by atoms with Crippen LogP contribution in [-0.2, 0) is 0 Å². The first-order valence-electron chi connectivity index (χ1n) is 7.77. The van der Waals surface area contributed by atoms with Crippen LogP contribution < -0.4 is 16.0 Å². The van der Waals surface area contributed by atoms with Crippen molar-refractivity contribution in [3.05, 3.63) is 34.3 Å². The number of halogens is 2. The van der Waals surface area contributed by atoms with E-state index in [4.69, 9.17) is 0 Å². The molecule has 1 aliphatic rings. The fourth-order valence-corrected chi connectivity index (χ4v) is 2.18. The highest BCUT2D eigenvalue weighted by molar-refractivity contribution is 14.0. The minimum absolute atomic E-state index is 0. The van der Waals surface area contributed by atoms with E-state index in [1.807, 2.05) is 12.1 Å². The number of nitrogens with zero attached hydrogens (tertiary/aromatic N) is 1. The van der Waals surface area contributed by atoms with E-state index < -0.39 is 0 Å². The third-order valence-electron chi connectivity index (χ3n) is 3.26. The Bertz CT molecular complexity index is 517. The van der Waals surface area contributed by atoms with Crippen LogP contribution in [0.3, 0.4) is 0 Å². The molecular weight excluding hydrogens is 471 g/mol. The molecule has 2 rings (SSSR count). The lowest BCUT2D eigenvalue weighted by Crippen LogP contribution is -2.38. The predicted octanol–water partition coefficient (Wildman–Crippen LogP) is 2.90. The molecule has 5 nitrogen and oxygen atoms in total. The van der Waals surface area contributed by atoms with E-state index in [9.17, 15) is 4.79 Å². The molecular formula is C16H24BrIN4O. The van der Waals surface area contributed by atoms with Crippen molar-refractivity contribution in [3.8, 4) is 0 Å². The molecule has 1 aromatic carbocycles. The standard InChI is InChI=1S/C16H23BrN4O.HI/c1-2-18-16(21-14-8-9-14)20-11-3-10-19-15(22)12-4-6-13(17)7-5-12;/h4-7,14H,2-3,8-11H2,1H3,(H,19,22)(H2,18,20,21);1H. The van der Waals surface area contributed by atoms with Gasteiger partial charge < -0.3 is 16.0 Å². The lowest BCUT2D eigenvalue weighted by atomic mass is 10.2.